The topological polar surface area (TPSA) is 60.4 Å². The van der Waals surface area contributed by atoms with Gasteiger partial charge in [0.2, 0.25) is 4.96 Å². The number of fused-ring (bicyclic) bond motifs is 1. The summed E-state index contributed by atoms with van der Waals surface area (Å²) in [7, 11) is 0. The summed E-state index contributed by atoms with van der Waals surface area (Å²) in [5, 5.41) is 8.30. The van der Waals surface area contributed by atoms with Crippen LogP contribution < -0.4 is 10.1 Å². The molecule has 0 unspecified atom stereocenters. The zero-order valence-electron chi connectivity index (χ0n) is 11.7. The highest BCUT2D eigenvalue weighted by atomic mass is 32.1. The van der Waals surface area contributed by atoms with E-state index in [1.165, 1.54) is 11.3 Å². The molecule has 0 fully saturated rings. The lowest BCUT2D eigenvalue weighted by molar-refractivity contribution is 0.556. The Labute approximate surface area is 129 Å². The van der Waals surface area contributed by atoms with Crippen molar-refractivity contribution in [3.8, 4) is 11.4 Å². The first kappa shape index (κ1) is 13.0. The minimum absolute atomic E-state index is 0.125. The molecular weight excluding hydrogens is 298 g/mol. The van der Waals surface area contributed by atoms with Gasteiger partial charge < -0.3 is 4.42 Å². The van der Waals surface area contributed by atoms with Crippen molar-refractivity contribution in [1.29, 1.82) is 0 Å². The van der Waals surface area contributed by atoms with Crippen molar-refractivity contribution in [3.05, 3.63) is 68.9 Å². The fourth-order valence-corrected chi connectivity index (χ4v) is 3.26. The van der Waals surface area contributed by atoms with Crippen molar-refractivity contribution >= 4 is 22.4 Å². The number of furan rings is 1. The first-order valence-corrected chi connectivity index (χ1v) is 7.55. The third kappa shape index (κ3) is 1.96. The molecule has 0 N–H and O–H groups in total. The molecule has 0 bridgehead atoms. The highest BCUT2D eigenvalue weighted by molar-refractivity contribution is 7.15. The summed E-state index contributed by atoms with van der Waals surface area (Å²) in [6, 6.07) is 11.4. The number of aromatic nitrogens is 3. The second kappa shape index (κ2) is 4.92. The van der Waals surface area contributed by atoms with Crippen LogP contribution in [-0.2, 0) is 0 Å². The minimum Gasteiger partial charge on any atom is -0.465 e. The molecule has 0 aliphatic heterocycles. The summed E-state index contributed by atoms with van der Waals surface area (Å²) < 4.78 is 7.40. The molecule has 0 radical (unpaired) electrons. The molecule has 6 heteroatoms. The molecule has 0 aliphatic rings. The largest absolute Gasteiger partial charge is 0.465 e. The summed E-state index contributed by atoms with van der Waals surface area (Å²) in [6.07, 6.45) is 3.30. The molecule has 0 spiro atoms. The Kier molecular flexibility index (Phi) is 2.90. The average Bonchev–Trinajstić information content (AvgIpc) is 3.21. The number of thiazole rings is 1. The highest BCUT2D eigenvalue weighted by Gasteiger charge is 2.15. The van der Waals surface area contributed by atoms with Gasteiger partial charge in [-0.15, -0.1) is 10.2 Å². The van der Waals surface area contributed by atoms with Crippen LogP contribution in [0.2, 0.25) is 0 Å². The van der Waals surface area contributed by atoms with Crippen molar-refractivity contribution in [1.82, 2.24) is 14.6 Å². The Morgan fingerprint density at radius 3 is 2.82 bits per heavy atom. The molecule has 108 valence electrons. The molecule has 0 atom stereocenters. The van der Waals surface area contributed by atoms with E-state index >= 15 is 0 Å². The van der Waals surface area contributed by atoms with E-state index in [-0.39, 0.29) is 5.56 Å². The standard InChI is InChI=1S/C16H11N3O2S/c1-10-5-2-3-7-12(10)14-17-18-16-19(14)15(20)13(22-16)9-11-6-4-8-21-11/h2-9H,1H3/b13-9+. The van der Waals surface area contributed by atoms with Gasteiger partial charge in [-0.05, 0) is 24.6 Å². The first-order valence-electron chi connectivity index (χ1n) is 6.73. The van der Waals surface area contributed by atoms with Crippen LogP contribution in [-0.4, -0.2) is 14.6 Å². The summed E-state index contributed by atoms with van der Waals surface area (Å²) in [6.45, 7) is 1.99. The number of aryl methyl sites for hydroxylation is 1. The molecule has 3 aromatic heterocycles. The predicted octanol–water partition coefficient (Wildman–Crippen LogP) is 2.27. The Morgan fingerprint density at radius 1 is 1.18 bits per heavy atom. The van der Waals surface area contributed by atoms with Crippen molar-refractivity contribution in [3.63, 3.8) is 0 Å². The van der Waals surface area contributed by atoms with Crippen LogP contribution in [0.25, 0.3) is 22.4 Å². The maximum absolute atomic E-state index is 12.6. The summed E-state index contributed by atoms with van der Waals surface area (Å²) >= 11 is 1.30. The van der Waals surface area contributed by atoms with Crippen molar-refractivity contribution in [2.45, 2.75) is 6.92 Å². The Hall–Kier alpha value is -2.73. The molecule has 0 aliphatic carbocycles. The van der Waals surface area contributed by atoms with Crippen LogP contribution in [0.1, 0.15) is 11.3 Å². The molecule has 0 saturated carbocycles. The SMILES string of the molecule is Cc1ccccc1-c1nnc2s/c(=C/c3ccco3)c(=O)n12. The van der Waals surface area contributed by atoms with Crippen molar-refractivity contribution in [2.75, 3.05) is 0 Å². The predicted molar refractivity (Wildman–Crippen MR) is 84.8 cm³/mol. The second-order valence-electron chi connectivity index (χ2n) is 4.89. The normalized spacial score (nSPS) is 12.3. The van der Waals surface area contributed by atoms with Gasteiger partial charge in [0.25, 0.3) is 5.56 Å². The van der Waals surface area contributed by atoms with Gasteiger partial charge in [0.05, 0.1) is 6.26 Å². The molecule has 5 nitrogen and oxygen atoms in total. The van der Waals surface area contributed by atoms with Crippen LogP contribution in [0, 0.1) is 6.92 Å². The van der Waals surface area contributed by atoms with E-state index in [4.69, 9.17) is 4.42 Å². The van der Waals surface area contributed by atoms with E-state index < -0.39 is 0 Å². The van der Waals surface area contributed by atoms with Gasteiger partial charge in [0.15, 0.2) is 5.82 Å². The van der Waals surface area contributed by atoms with Gasteiger partial charge in [0.1, 0.15) is 10.3 Å². The third-order valence-electron chi connectivity index (χ3n) is 3.45. The fourth-order valence-electron chi connectivity index (χ4n) is 2.36. The van der Waals surface area contributed by atoms with Gasteiger partial charge in [-0.25, -0.2) is 4.40 Å². The molecule has 4 rings (SSSR count). The van der Waals surface area contributed by atoms with Crippen molar-refractivity contribution in [2.24, 2.45) is 0 Å². The van der Waals surface area contributed by atoms with Crippen molar-refractivity contribution < 1.29 is 4.42 Å². The van der Waals surface area contributed by atoms with Gasteiger partial charge in [-0.1, -0.05) is 35.6 Å². The summed E-state index contributed by atoms with van der Waals surface area (Å²) in [5.74, 6) is 1.22. The lowest BCUT2D eigenvalue weighted by Gasteiger charge is -2.00. The molecule has 0 amide bonds. The summed E-state index contributed by atoms with van der Waals surface area (Å²) in [5.41, 5.74) is 1.84. The van der Waals surface area contributed by atoms with E-state index in [1.54, 1.807) is 22.8 Å². The van der Waals surface area contributed by atoms with E-state index in [1.807, 2.05) is 37.3 Å². The van der Waals surface area contributed by atoms with Gasteiger partial charge in [-0.3, -0.25) is 4.79 Å². The smallest absolute Gasteiger partial charge is 0.276 e. The highest BCUT2D eigenvalue weighted by Crippen LogP contribution is 2.21. The lowest BCUT2D eigenvalue weighted by atomic mass is 10.1. The zero-order chi connectivity index (χ0) is 15.1. The van der Waals surface area contributed by atoms with Crippen LogP contribution in [0.15, 0.2) is 51.9 Å². The van der Waals surface area contributed by atoms with Crippen LogP contribution in [0.5, 0.6) is 0 Å². The molecule has 0 saturated heterocycles. The van der Waals surface area contributed by atoms with Gasteiger partial charge in [-0.2, -0.15) is 0 Å². The van der Waals surface area contributed by atoms with E-state index in [0.29, 0.717) is 21.1 Å². The Balaban J connectivity index is 1.99. The van der Waals surface area contributed by atoms with E-state index in [2.05, 4.69) is 10.2 Å². The fraction of sp³-hybridized carbons (Fsp3) is 0.0625. The van der Waals surface area contributed by atoms with E-state index in [9.17, 15) is 4.79 Å². The van der Waals surface area contributed by atoms with Gasteiger partial charge in [0, 0.05) is 11.6 Å². The van der Waals surface area contributed by atoms with Gasteiger partial charge >= 0.3 is 0 Å². The Morgan fingerprint density at radius 2 is 2.05 bits per heavy atom. The monoisotopic (exact) mass is 309 g/mol. The second-order valence-corrected chi connectivity index (χ2v) is 5.90. The van der Waals surface area contributed by atoms with E-state index in [0.717, 1.165) is 11.1 Å². The maximum atomic E-state index is 12.6. The number of hydrogen-bond acceptors (Lipinski definition) is 5. The third-order valence-corrected chi connectivity index (χ3v) is 4.41. The molecular formula is C16H11N3O2S. The minimum atomic E-state index is -0.125. The zero-order valence-corrected chi connectivity index (χ0v) is 12.5. The lowest BCUT2D eigenvalue weighted by Crippen LogP contribution is -2.23. The summed E-state index contributed by atoms with van der Waals surface area (Å²) in [4.78, 5) is 13.2. The molecule has 3 heterocycles. The quantitative estimate of drug-likeness (QED) is 0.570. The van der Waals surface area contributed by atoms with Crippen LogP contribution in [0.4, 0.5) is 0 Å². The number of hydrogen-bond donors (Lipinski definition) is 0. The van der Waals surface area contributed by atoms with Crippen LogP contribution in [0.3, 0.4) is 0 Å². The maximum Gasteiger partial charge on any atom is 0.276 e. The average molecular weight is 309 g/mol. The number of nitrogens with zero attached hydrogens (tertiary/aromatic N) is 3. The number of benzene rings is 1. The molecule has 22 heavy (non-hydrogen) atoms. The number of rotatable bonds is 2. The first-order chi connectivity index (χ1) is 10.7. The molecule has 1 aromatic carbocycles. The Bertz CT molecular complexity index is 1060. The molecule has 4 aromatic rings. The van der Waals surface area contributed by atoms with Crippen LogP contribution >= 0.6 is 11.3 Å².